The molecular weight excluding hydrogens is 252 g/mol. The molecule has 0 radical (unpaired) electrons. The zero-order valence-corrected chi connectivity index (χ0v) is 10.7. The number of ether oxygens (including phenoxy) is 1. The van der Waals surface area contributed by atoms with Crippen LogP contribution in [0.3, 0.4) is 0 Å². The van der Waals surface area contributed by atoms with E-state index in [0.29, 0.717) is 12.3 Å². The van der Waals surface area contributed by atoms with Gasteiger partial charge >= 0.3 is 0 Å². The summed E-state index contributed by atoms with van der Waals surface area (Å²) in [6.07, 6.45) is -2.45. The highest BCUT2D eigenvalue weighted by Crippen LogP contribution is 2.24. The normalized spacial score (nSPS) is 13.3. The third kappa shape index (κ3) is 3.75. The number of nitrogens with one attached hydrogen (secondary N) is 1. The van der Waals surface area contributed by atoms with Gasteiger partial charge in [0.2, 0.25) is 0 Å². The lowest BCUT2D eigenvalue weighted by molar-refractivity contribution is 0.00755. The van der Waals surface area contributed by atoms with Crippen LogP contribution in [0.1, 0.15) is 18.7 Å². The minimum atomic E-state index is -2.45. The average Bonchev–Trinajstić information content (AvgIpc) is 2.81. The van der Waals surface area contributed by atoms with Crippen LogP contribution in [0.5, 0.6) is 0 Å². The Balaban J connectivity index is 2.08. The number of likely N-dealkylation sites (N-methyl/N-ethyl adjacent to an activating group) is 1. The lowest BCUT2D eigenvalue weighted by atomic mass is 10.2. The molecule has 0 spiro atoms. The first kappa shape index (κ1) is 14.0. The van der Waals surface area contributed by atoms with E-state index in [1.54, 1.807) is 0 Å². The molecule has 104 valence electrons. The Kier molecular flexibility index (Phi) is 4.87. The second-order valence-electron chi connectivity index (χ2n) is 4.23. The topological polar surface area (TPSA) is 34.4 Å². The maximum atomic E-state index is 12.1. The van der Waals surface area contributed by atoms with E-state index in [1.165, 1.54) is 0 Å². The summed E-state index contributed by atoms with van der Waals surface area (Å²) in [4.78, 5) is 0. The Bertz CT molecular complexity index is 480. The summed E-state index contributed by atoms with van der Waals surface area (Å²) in [5, 5.41) is 4.16. The van der Waals surface area contributed by atoms with Crippen LogP contribution in [0.2, 0.25) is 0 Å². The van der Waals surface area contributed by atoms with E-state index in [4.69, 9.17) is 9.15 Å². The van der Waals surface area contributed by atoms with Crippen LogP contribution in [0, 0.1) is 0 Å². The molecular formula is C14H17F2NO2. The second-order valence-corrected chi connectivity index (χ2v) is 4.23. The standard InChI is InChI=1S/C14H17F2NO2/c1-2-17-11(8-18-9-14(15)16)13-7-10-5-3-4-6-12(10)19-13/h3-7,11,14,17H,2,8-9H2,1H3. The van der Waals surface area contributed by atoms with Crippen molar-refractivity contribution in [2.24, 2.45) is 0 Å². The van der Waals surface area contributed by atoms with E-state index >= 15 is 0 Å². The molecule has 1 unspecified atom stereocenters. The van der Waals surface area contributed by atoms with Crippen molar-refractivity contribution in [3.63, 3.8) is 0 Å². The van der Waals surface area contributed by atoms with Crippen LogP contribution in [0.4, 0.5) is 8.78 Å². The number of halogens is 2. The summed E-state index contributed by atoms with van der Waals surface area (Å²) in [5.74, 6) is 0.706. The third-order valence-electron chi connectivity index (χ3n) is 2.77. The number of benzene rings is 1. The number of fused-ring (bicyclic) bond motifs is 1. The number of para-hydroxylation sites is 1. The summed E-state index contributed by atoms with van der Waals surface area (Å²) in [6, 6.07) is 9.35. The molecule has 0 bridgehead atoms. The highest BCUT2D eigenvalue weighted by atomic mass is 19.3. The molecule has 2 aromatic rings. The SMILES string of the molecule is CCNC(COCC(F)F)c1cc2ccccc2o1. The quantitative estimate of drug-likeness (QED) is 0.837. The molecule has 1 aromatic heterocycles. The van der Waals surface area contributed by atoms with Gasteiger partial charge in [0.15, 0.2) is 0 Å². The molecule has 0 fully saturated rings. The first-order valence-corrected chi connectivity index (χ1v) is 6.28. The van der Waals surface area contributed by atoms with Crippen molar-refractivity contribution in [3.05, 3.63) is 36.1 Å². The monoisotopic (exact) mass is 269 g/mol. The molecule has 3 nitrogen and oxygen atoms in total. The van der Waals surface area contributed by atoms with Gasteiger partial charge in [0, 0.05) is 5.39 Å². The molecule has 1 heterocycles. The van der Waals surface area contributed by atoms with Crippen LogP contribution in [0.25, 0.3) is 11.0 Å². The number of furan rings is 1. The van der Waals surface area contributed by atoms with Crippen molar-refractivity contribution in [1.29, 1.82) is 0 Å². The van der Waals surface area contributed by atoms with Crippen molar-refractivity contribution >= 4 is 11.0 Å². The Morgan fingerprint density at radius 1 is 1.26 bits per heavy atom. The molecule has 1 aromatic carbocycles. The minimum Gasteiger partial charge on any atom is -0.459 e. The summed E-state index contributed by atoms with van der Waals surface area (Å²) in [6.45, 7) is 2.27. The maximum Gasteiger partial charge on any atom is 0.261 e. The Morgan fingerprint density at radius 3 is 2.74 bits per heavy atom. The smallest absolute Gasteiger partial charge is 0.261 e. The Hall–Kier alpha value is -1.46. The summed E-state index contributed by atoms with van der Waals surface area (Å²) < 4.78 is 34.8. The van der Waals surface area contributed by atoms with Crippen molar-refractivity contribution in [1.82, 2.24) is 5.32 Å². The van der Waals surface area contributed by atoms with Crippen LogP contribution in [-0.2, 0) is 4.74 Å². The van der Waals surface area contributed by atoms with Gasteiger partial charge in [-0.15, -0.1) is 0 Å². The molecule has 1 atom stereocenters. The van der Waals surface area contributed by atoms with E-state index in [2.05, 4.69) is 5.32 Å². The van der Waals surface area contributed by atoms with Gasteiger partial charge in [-0.05, 0) is 18.7 Å². The van der Waals surface area contributed by atoms with Crippen LogP contribution >= 0.6 is 0 Å². The molecule has 0 saturated heterocycles. The molecule has 0 aliphatic heterocycles. The highest BCUT2D eigenvalue weighted by Gasteiger charge is 2.16. The largest absolute Gasteiger partial charge is 0.459 e. The summed E-state index contributed by atoms with van der Waals surface area (Å²) >= 11 is 0. The van der Waals surface area contributed by atoms with Gasteiger partial charge in [-0.3, -0.25) is 0 Å². The van der Waals surface area contributed by atoms with Gasteiger partial charge in [-0.1, -0.05) is 25.1 Å². The summed E-state index contributed by atoms with van der Waals surface area (Å²) in [7, 11) is 0. The van der Waals surface area contributed by atoms with Crippen molar-refractivity contribution in [2.75, 3.05) is 19.8 Å². The molecule has 0 amide bonds. The van der Waals surface area contributed by atoms with E-state index in [0.717, 1.165) is 11.0 Å². The van der Waals surface area contributed by atoms with Gasteiger partial charge in [0.05, 0.1) is 12.6 Å². The van der Waals surface area contributed by atoms with Crippen LogP contribution < -0.4 is 5.32 Å². The lowest BCUT2D eigenvalue weighted by Crippen LogP contribution is -2.25. The molecule has 0 aliphatic carbocycles. The van der Waals surface area contributed by atoms with Crippen LogP contribution in [-0.4, -0.2) is 26.2 Å². The summed E-state index contributed by atoms with van der Waals surface area (Å²) in [5.41, 5.74) is 0.786. The molecule has 0 saturated carbocycles. The number of rotatable bonds is 7. The fourth-order valence-electron chi connectivity index (χ4n) is 1.94. The van der Waals surface area contributed by atoms with E-state index in [9.17, 15) is 8.78 Å². The fourth-order valence-corrected chi connectivity index (χ4v) is 1.94. The van der Waals surface area contributed by atoms with E-state index in [-0.39, 0.29) is 12.6 Å². The van der Waals surface area contributed by atoms with Crippen molar-refractivity contribution < 1.29 is 17.9 Å². The van der Waals surface area contributed by atoms with Gasteiger partial charge in [-0.2, -0.15) is 0 Å². The molecule has 19 heavy (non-hydrogen) atoms. The zero-order chi connectivity index (χ0) is 13.7. The third-order valence-corrected chi connectivity index (χ3v) is 2.77. The van der Waals surface area contributed by atoms with E-state index < -0.39 is 13.0 Å². The van der Waals surface area contributed by atoms with Crippen molar-refractivity contribution in [3.8, 4) is 0 Å². The van der Waals surface area contributed by atoms with Gasteiger partial charge in [0.25, 0.3) is 6.43 Å². The first-order chi connectivity index (χ1) is 9.20. The Morgan fingerprint density at radius 2 is 2.05 bits per heavy atom. The minimum absolute atomic E-state index is 0.165. The fraction of sp³-hybridized carbons (Fsp3) is 0.429. The molecule has 5 heteroatoms. The second kappa shape index (κ2) is 6.63. The maximum absolute atomic E-state index is 12.1. The van der Waals surface area contributed by atoms with E-state index in [1.807, 2.05) is 37.3 Å². The van der Waals surface area contributed by atoms with Crippen molar-refractivity contribution in [2.45, 2.75) is 19.4 Å². The van der Waals surface area contributed by atoms with Crippen LogP contribution in [0.15, 0.2) is 34.7 Å². The number of alkyl halides is 2. The molecule has 1 N–H and O–H groups in total. The first-order valence-electron chi connectivity index (χ1n) is 6.28. The lowest BCUT2D eigenvalue weighted by Gasteiger charge is -2.15. The number of hydrogen-bond acceptors (Lipinski definition) is 3. The highest BCUT2D eigenvalue weighted by molar-refractivity contribution is 5.77. The molecule has 2 rings (SSSR count). The number of hydrogen-bond donors (Lipinski definition) is 1. The predicted molar refractivity (Wildman–Crippen MR) is 69.5 cm³/mol. The average molecular weight is 269 g/mol. The Labute approximate surface area is 110 Å². The predicted octanol–water partition coefficient (Wildman–Crippen LogP) is 3.37. The zero-order valence-electron chi connectivity index (χ0n) is 10.7. The van der Waals surface area contributed by atoms with Gasteiger partial charge in [0.1, 0.15) is 18.0 Å². The van der Waals surface area contributed by atoms with Gasteiger partial charge < -0.3 is 14.5 Å². The molecule has 0 aliphatic rings. The van der Waals surface area contributed by atoms with Gasteiger partial charge in [-0.25, -0.2) is 8.78 Å².